The Morgan fingerprint density at radius 3 is 2.39 bits per heavy atom. The molecule has 0 heterocycles. The van der Waals surface area contributed by atoms with Gasteiger partial charge in [0.1, 0.15) is 0 Å². The third-order valence-electron chi connectivity index (χ3n) is 2.27. The molecule has 0 aromatic rings. The molecule has 0 radical (unpaired) electrons. The molecular formula is C13H23NO4. The van der Waals surface area contributed by atoms with Crippen molar-refractivity contribution >= 4 is 11.9 Å². The quantitative estimate of drug-likeness (QED) is 0.459. The van der Waals surface area contributed by atoms with Gasteiger partial charge in [-0.1, -0.05) is 13.0 Å². The number of hydrogen-bond donors (Lipinski definition) is 0. The fraction of sp³-hybridized carbons (Fsp3) is 0.692. The molecule has 0 aliphatic rings. The second-order valence-corrected chi connectivity index (χ2v) is 3.94. The predicted octanol–water partition coefficient (Wildman–Crippen LogP) is 1.24. The van der Waals surface area contributed by atoms with Crippen LogP contribution in [0.1, 0.15) is 20.8 Å². The molecule has 5 heteroatoms. The molecule has 0 rings (SSSR count). The van der Waals surface area contributed by atoms with E-state index in [9.17, 15) is 9.59 Å². The zero-order valence-corrected chi connectivity index (χ0v) is 11.5. The molecule has 1 atom stereocenters. The van der Waals surface area contributed by atoms with E-state index in [1.807, 2.05) is 4.90 Å². The molecule has 0 aliphatic heterocycles. The van der Waals surface area contributed by atoms with Crippen LogP contribution in [-0.2, 0) is 19.1 Å². The van der Waals surface area contributed by atoms with E-state index in [0.29, 0.717) is 26.3 Å². The first-order chi connectivity index (χ1) is 8.54. The van der Waals surface area contributed by atoms with Gasteiger partial charge < -0.3 is 9.47 Å². The molecular weight excluding hydrogens is 234 g/mol. The lowest BCUT2D eigenvalue weighted by atomic mass is 10.1. The number of ether oxygens (including phenoxy) is 2. The summed E-state index contributed by atoms with van der Waals surface area (Å²) >= 11 is 0. The van der Waals surface area contributed by atoms with E-state index in [-0.39, 0.29) is 24.4 Å². The van der Waals surface area contributed by atoms with Crippen molar-refractivity contribution in [2.24, 2.45) is 5.92 Å². The van der Waals surface area contributed by atoms with Gasteiger partial charge in [-0.25, -0.2) is 0 Å². The zero-order chi connectivity index (χ0) is 14.0. The SMILES string of the molecule is C=CCN(CC(=O)OCC)CC(C)C(=O)OCC. The topological polar surface area (TPSA) is 55.8 Å². The normalized spacial score (nSPS) is 12.0. The fourth-order valence-corrected chi connectivity index (χ4v) is 1.52. The lowest BCUT2D eigenvalue weighted by molar-refractivity contribution is -0.150. The highest BCUT2D eigenvalue weighted by molar-refractivity contribution is 5.73. The molecule has 0 aliphatic carbocycles. The maximum atomic E-state index is 11.5. The van der Waals surface area contributed by atoms with Crippen molar-refractivity contribution < 1.29 is 19.1 Å². The van der Waals surface area contributed by atoms with Gasteiger partial charge in [-0.3, -0.25) is 14.5 Å². The molecule has 0 saturated heterocycles. The van der Waals surface area contributed by atoms with Crippen molar-refractivity contribution in [2.45, 2.75) is 20.8 Å². The summed E-state index contributed by atoms with van der Waals surface area (Å²) < 4.78 is 9.80. The van der Waals surface area contributed by atoms with E-state index in [4.69, 9.17) is 9.47 Å². The van der Waals surface area contributed by atoms with Crippen LogP contribution in [0.25, 0.3) is 0 Å². The van der Waals surface area contributed by atoms with Gasteiger partial charge in [0, 0.05) is 13.1 Å². The molecule has 18 heavy (non-hydrogen) atoms. The summed E-state index contributed by atoms with van der Waals surface area (Å²) in [4.78, 5) is 24.7. The first-order valence-electron chi connectivity index (χ1n) is 6.20. The number of carbonyl (C=O) groups is 2. The highest BCUT2D eigenvalue weighted by Crippen LogP contribution is 2.03. The second kappa shape index (κ2) is 9.65. The molecule has 5 nitrogen and oxygen atoms in total. The minimum absolute atomic E-state index is 0.156. The lowest BCUT2D eigenvalue weighted by Gasteiger charge is -2.22. The van der Waals surface area contributed by atoms with Crippen LogP contribution >= 0.6 is 0 Å². The standard InChI is InChI=1S/C13H23NO4/c1-5-8-14(10-12(15)17-6-2)9-11(4)13(16)18-7-3/h5,11H,1,6-10H2,2-4H3. The average Bonchev–Trinajstić information content (AvgIpc) is 2.29. The van der Waals surface area contributed by atoms with Crippen LogP contribution in [-0.4, -0.2) is 49.7 Å². The monoisotopic (exact) mass is 257 g/mol. The number of carbonyl (C=O) groups excluding carboxylic acids is 2. The average molecular weight is 257 g/mol. The van der Waals surface area contributed by atoms with Crippen molar-refractivity contribution in [3.05, 3.63) is 12.7 Å². The van der Waals surface area contributed by atoms with Crippen LogP contribution < -0.4 is 0 Å². The maximum absolute atomic E-state index is 11.5. The third kappa shape index (κ3) is 7.06. The molecule has 104 valence electrons. The summed E-state index contributed by atoms with van der Waals surface area (Å²) in [5.41, 5.74) is 0. The highest BCUT2D eigenvalue weighted by atomic mass is 16.5. The van der Waals surface area contributed by atoms with Gasteiger partial charge in [-0.15, -0.1) is 6.58 Å². The van der Waals surface area contributed by atoms with Crippen molar-refractivity contribution in [3.63, 3.8) is 0 Å². The molecule has 0 N–H and O–H groups in total. The predicted molar refractivity (Wildman–Crippen MR) is 69.1 cm³/mol. The molecule has 0 spiro atoms. The maximum Gasteiger partial charge on any atom is 0.320 e. The van der Waals surface area contributed by atoms with Gasteiger partial charge in [0.05, 0.1) is 25.7 Å². The van der Waals surface area contributed by atoms with E-state index in [1.165, 1.54) is 0 Å². The first kappa shape index (κ1) is 16.6. The molecule has 0 saturated carbocycles. The lowest BCUT2D eigenvalue weighted by Crippen LogP contribution is -2.37. The van der Waals surface area contributed by atoms with Crippen LogP contribution in [0.2, 0.25) is 0 Å². The Bertz CT molecular complexity index is 278. The molecule has 0 amide bonds. The summed E-state index contributed by atoms with van der Waals surface area (Å²) in [6, 6.07) is 0. The van der Waals surface area contributed by atoms with Crippen molar-refractivity contribution in [3.8, 4) is 0 Å². The molecule has 0 aromatic carbocycles. The van der Waals surface area contributed by atoms with Gasteiger partial charge in [0.2, 0.25) is 0 Å². The van der Waals surface area contributed by atoms with Crippen LogP contribution in [0.3, 0.4) is 0 Å². The Morgan fingerprint density at radius 1 is 1.28 bits per heavy atom. The molecule has 1 unspecified atom stereocenters. The van der Waals surface area contributed by atoms with E-state index in [2.05, 4.69) is 6.58 Å². The third-order valence-corrected chi connectivity index (χ3v) is 2.27. The van der Waals surface area contributed by atoms with Gasteiger partial charge in [-0.05, 0) is 13.8 Å². The smallest absolute Gasteiger partial charge is 0.320 e. The van der Waals surface area contributed by atoms with Gasteiger partial charge in [0.15, 0.2) is 0 Å². The Balaban J connectivity index is 4.29. The van der Waals surface area contributed by atoms with Crippen LogP contribution in [0, 0.1) is 5.92 Å². The minimum Gasteiger partial charge on any atom is -0.466 e. The summed E-state index contributed by atoms with van der Waals surface area (Å²) in [5.74, 6) is -0.829. The summed E-state index contributed by atoms with van der Waals surface area (Å²) in [5, 5.41) is 0. The fourth-order valence-electron chi connectivity index (χ4n) is 1.52. The number of esters is 2. The van der Waals surface area contributed by atoms with Gasteiger partial charge in [-0.2, -0.15) is 0 Å². The highest BCUT2D eigenvalue weighted by Gasteiger charge is 2.19. The molecule has 0 fully saturated rings. The summed E-state index contributed by atoms with van der Waals surface area (Å²) in [6.07, 6.45) is 1.69. The van der Waals surface area contributed by atoms with Crippen molar-refractivity contribution in [2.75, 3.05) is 32.8 Å². The Morgan fingerprint density at radius 2 is 1.89 bits per heavy atom. The van der Waals surface area contributed by atoms with E-state index >= 15 is 0 Å². The largest absolute Gasteiger partial charge is 0.466 e. The van der Waals surface area contributed by atoms with E-state index in [1.54, 1.807) is 26.8 Å². The van der Waals surface area contributed by atoms with Gasteiger partial charge in [0.25, 0.3) is 0 Å². The number of hydrogen-bond acceptors (Lipinski definition) is 5. The van der Waals surface area contributed by atoms with E-state index in [0.717, 1.165) is 0 Å². The van der Waals surface area contributed by atoms with Crippen LogP contribution in [0.4, 0.5) is 0 Å². The van der Waals surface area contributed by atoms with Gasteiger partial charge >= 0.3 is 11.9 Å². The summed E-state index contributed by atoms with van der Waals surface area (Å²) in [7, 11) is 0. The van der Waals surface area contributed by atoms with Crippen molar-refractivity contribution in [1.82, 2.24) is 4.90 Å². The number of nitrogens with zero attached hydrogens (tertiary/aromatic N) is 1. The van der Waals surface area contributed by atoms with E-state index < -0.39 is 0 Å². The first-order valence-corrected chi connectivity index (χ1v) is 6.20. The zero-order valence-electron chi connectivity index (χ0n) is 11.5. The minimum atomic E-state index is -0.296. The molecule has 0 bridgehead atoms. The van der Waals surface area contributed by atoms with Crippen LogP contribution in [0.15, 0.2) is 12.7 Å². The second-order valence-electron chi connectivity index (χ2n) is 3.94. The Hall–Kier alpha value is -1.36. The van der Waals surface area contributed by atoms with Crippen molar-refractivity contribution in [1.29, 1.82) is 0 Å². The molecule has 0 aromatic heterocycles. The van der Waals surface area contributed by atoms with Crippen LogP contribution in [0.5, 0.6) is 0 Å². The Kier molecular flexibility index (Phi) is 8.92. The Labute approximate surface area is 109 Å². The number of rotatable bonds is 9. The summed E-state index contributed by atoms with van der Waals surface area (Å²) in [6.45, 7) is 10.8.